The van der Waals surface area contributed by atoms with Crippen LogP contribution in [-0.4, -0.2) is 24.2 Å². The minimum absolute atomic E-state index is 0.124. The Morgan fingerprint density at radius 2 is 1.74 bits per heavy atom. The Morgan fingerprint density at radius 1 is 0.957 bits per heavy atom. The van der Waals surface area contributed by atoms with E-state index in [9.17, 15) is 4.79 Å². The zero-order valence-corrected chi connectivity index (χ0v) is 13.0. The summed E-state index contributed by atoms with van der Waals surface area (Å²) in [5.41, 5.74) is 1.04. The van der Waals surface area contributed by atoms with E-state index in [1.807, 2.05) is 42.5 Å². The van der Waals surface area contributed by atoms with Crippen molar-refractivity contribution in [1.82, 2.24) is 4.98 Å². The first-order chi connectivity index (χ1) is 11.2. The summed E-state index contributed by atoms with van der Waals surface area (Å²) in [6.45, 7) is 0.349. The summed E-state index contributed by atoms with van der Waals surface area (Å²) in [6, 6.07) is 18.2. The number of esters is 1. The highest BCUT2D eigenvalue weighted by molar-refractivity contribution is 6.32. The van der Waals surface area contributed by atoms with Crippen LogP contribution in [0.5, 0.6) is 5.75 Å². The van der Waals surface area contributed by atoms with Crippen molar-refractivity contribution >= 4 is 28.5 Å². The van der Waals surface area contributed by atoms with E-state index < -0.39 is 5.97 Å². The Hall–Kier alpha value is -2.59. The SMILES string of the molecule is O=C(OCCOc1ccccc1Cl)c1ccc2ccccc2n1. The molecule has 0 aliphatic rings. The van der Waals surface area contributed by atoms with Crippen LogP contribution < -0.4 is 4.74 Å². The fourth-order valence-corrected chi connectivity index (χ4v) is 2.29. The number of nitrogens with zero attached hydrogens (tertiary/aromatic N) is 1. The van der Waals surface area contributed by atoms with Crippen LogP contribution in [0, 0.1) is 0 Å². The molecule has 0 radical (unpaired) electrons. The van der Waals surface area contributed by atoms with E-state index in [4.69, 9.17) is 21.1 Å². The highest BCUT2D eigenvalue weighted by Gasteiger charge is 2.09. The number of hydrogen-bond acceptors (Lipinski definition) is 4. The topological polar surface area (TPSA) is 48.4 Å². The summed E-state index contributed by atoms with van der Waals surface area (Å²) < 4.78 is 10.6. The molecular formula is C18H14ClNO3. The van der Waals surface area contributed by atoms with E-state index in [1.54, 1.807) is 18.2 Å². The first-order valence-electron chi connectivity index (χ1n) is 7.14. The first kappa shape index (κ1) is 15.3. The standard InChI is InChI=1S/C18H14ClNO3/c19-14-6-2-4-8-17(14)22-11-12-23-18(21)16-10-9-13-5-1-3-7-15(13)20-16/h1-10H,11-12H2. The van der Waals surface area contributed by atoms with Gasteiger partial charge in [0.2, 0.25) is 0 Å². The molecule has 0 aliphatic carbocycles. The molecule has 1 heterocycles. The molecule has 0 saturated heterocycles. The molecule has 0 bridgehead atoms. The number of ether oxygens (including phenoxy) is 2. The number of benzene rings is 2. The van der Waals surface area contributed by atoms with Crippen molar-refractivity contribution in [2.45, 2.75) is 0 Å². The molecule has 3 aromatic rings. The van der Waals surface area contributed by atoms with Crippen molar-refractivity contribution in [2.75, 3.05) is 13.2 Å². The van der Waals surface area contributed by atoms with Crippen molar-refractivity contribution in [3.63, 3.8) is 0 Å². The summed E-state index contributed by atoms with van der Waals surface area (Å²) >= 11 is 5.97. The maximum absolute atomic E-state index is 12.0. The lowest BCUT2D eigenvalue weighted by atomic mass is 10.2. The van der Waals surface area contributed by atoms with Gasteiger partial charge in [0.1, 0.15) is 24.7 Å². The first-order valence-corrected chi connectivity index (χ1v) is 7.52. The van der Waals surface area contributed by atoms with Crippen molar-refractivity contribution < 1.29 is 14.3 Å². The van der Waals surface area contributed by atoms with Gasteiger partial charge < -0.3 is 9.47 Å². The summed E-state index contributed by atoms with van der Waals surface area (Å²) in [5, 5.41) is 1.50. The molecule has 0 atom stereocenters. The van der Waals surface area contributed by atoms with E-state index in [1.165, 1.54) is 0 Å². The van der Waals surface area contributed by atoms with Crippen LogP contribution in [0.15, 0.2) is 60.7 Å². The normalized spacial score (nSPS) is 10.5. The molecule has 0 amide bonds. The molecule has 4 nitrogen and oxygen atoms in total. The number of para-hydroxylation sites is 2. The Balaban J connectivity index is 1.55. The molecule has 5 heteroatoms. The molecule has 1 aromatic heterocycles. The third kappa shape index (κ3) is 3.79. The zero-order chi connectivity index (χ0) is 16.1. The minimum Gasteiger partial charge on any atom is -0.488 e. The number of halogens is 1. The number of pyridine rings is 1. The molecular weight excluding hydrogens is 314 g/mol. The summed E-state index contributed by atoms with van der Waals surface area (Å²) in [5.74, 6) is 0.0903. The van der Waals surface area contributed by atoms with Crippen molar-refractivity contribution in [2.24, 2.45) is 0 Å². The predicted molar refractivity (Wildman–Crippen MR) is 89.0 cm³/mol. The van der Waals surface area contributed by atoms with Gasteiger partial charge in [0, 0.05) is 5.39 Å². The van der Waals surface area contributed by atoms with Gasteiger partial charge in [-0.3, -0.25) is 0 Å². The second kappa shape index (κ2) is 7.11. The lowest BCUT2D eigenvalue weighted by Crippen LogP contribution is -2.13. The third-order valence-electron chi connectivity index (χ3n) is 3.22. The van der Waals surface area contributed by atoms with Crippen LogP contribution in [-0.2, 0) is 4.74 Å². The van der Waals surface area contributed by atoms with Gasteiger partial charge in [-0.25, -0.2) is 9.78 Å². The van der Waals surface area contributed by atoms with Crippen molar-refractivity contribution in [3.8, 4) is 5.75 Å². The quantitative estimate of drug-likeness (QED) is 0.522. The van der Waals surface area contributed by atoms with Crippen LogP contribution >= 0.6 is 11.6 Å². The second-order valence-corrected chi connectivity index (χ2v) is 5.21. The number of fused-ring (bicyclic) bond motifs is 1. The molecule has 0 N–H and O–H groups in total. The maximum atomic E-state index is 12.0. The lowest BCUT2D eigenvalue weighted by molar-refractivity contribution is 0.0444. The van der Waals surface area contributed by atoms with Crippen molar-refractivity contribution in [1.29, 1.82) is 0 Å². The van der Waals surface area contributed by atoms with E-state index in [0.717, 1.165) is 10.9 Å². The molecule has 23 heavy (non-hydrogen) atoms. The zero-order valence-electron chi connectivity index (χ0n) is 12.2. The Kier molecular flexibility index (Phi) is 4.74. The molecule has 3 rings (SSSR count). The molecule has 0 saturated carbocycles. The highest BCUT2D eigenvalue weighted by Crippen LogP contribution is 2.22. The number of carbonyl (C=O) groups is 1. The van der Waals surface area contributed by atoms with E-state index in [-0.39, 0.29) is 18.9 Å². The van der Waals surface area contributed by atoms with Crippen LogP contribution in [0.1, 0.15) is 10.5 Å². The molecule has 0 aliphatic heterocycles. The van der Waals surface area contributed by atoms with Crippen LogP contribution in [0.4, 0.5) is 0 Å². The van der Waals surface area contributed by atoms with E-state index in [0.29, 0.717) is 10.8 Å². The summed E-state index contributed by atoms with van der Waals surface area (Å²) in [7, 11) is 0. The summed E-state index contributed by atoms with van der Waals surface area (Å²) in [6.07, 6.45) is 0. The number of rotatable bonds is 5. The van der Waals surface area contributed by atoms with Crippen LogP contribution in [0.3, 0.4) is 0 Å². The lowest BCUT2D eigenvalue weighted by Gasteiger charge is -2.08. The number of aromatic nitrogens is 1. The van der Waals surface area contributed by atoms with Crippen molar-refractivity contribution in [3.05, 3.63) is 71.4 Å². The van der Waals surface area contributed by atoms with Gasteiger partial charge in [-0.05, 0) is 24.3 Å². The third-order valence-corrected chi connectivity index (χ3v) is 3.53. The van der Waals surface area contributed by atoms with Crippen LogP contribution in [0.2, 0.25) is 5.02 Å². The Morgan fingerprint density at radius 3 is 2.61 bits per heavy atom. The van der Waals surface area contributed by atoms with Gasteiger partial charge in [-0.15, -0.1) is 0 Å². The Labute approximate surface area is 138 Å². The monoisotopic (exact) mass is 327 g/mol. The number of hydrogen-bond donors (Lipinski definition) is 0. The van der Waals surface area contributed by atoms with Gasteiger partial charge in [0.25, 0.3) is 0 Å². The average molecular weight is 328 g/mol. The smallest absolute Gasteiger partial charge is 0.357 e. The maximum Gasteiger partial charge on any atom is 0.357 e. The highest BCUT2D eigenvalue weighted by atomic mass is 35.5. The Bertz CT molecular complexity index is 835. The van der Waals surface area contributed by atoms with Gasteiger partial charge in [-0.2, -0.15) is 0 Å². The van der Waals surface area contributed by atoms with Gasteiger partial charge in [0.15, 0.2) is 0 Å². The fourth-order valence-electron chi connectivity index (χ4n) is 2.10. The van der Waals surface area contributed by atoms with E-state index in [2.05, 4.69) is 4.98 Å². The van der Waals surface area contributed by atoms with Crippen LogP contribution in [0.25, 0.3) is 10.9 Å². The second-order valence-electron chi connectivity index (χ2n) is 4.80. The molecule has 0 unspecified atom stereocenters. The van der Waals surface area contributed by atoms with E-state index >= 15 is 0 Å². The minimum atomic E-state index is -0.474. The summed E-state index contributed by atoms with van der Waals surface area (Å²) in [4.78, 5) is 16.3. The number of carbonyl (C=O) groups excluding carboxylic acids is 1. The largest absolute Gasteiger partial charge is 0.488 e. The average Bonchev–Trinajstić information content (AvgIpc) is 2.59. The predicted octanol–water partition coefficient (Wildman–Crippen LogP) is 4.12. The molecule has 2 aromatic carbocycles. The molecule has 0 fully saturated rings. The fraction of sp³-hybridized carbons (Fsp3) is 0.111. The molecule has 0 spiro atoms. The van der Waals surface area contributed by atoms with Gasteiger partial charge >= 0.3 is 5.97 Å². The van der Waals surface area contributed by atoms with Gasteiger partial charge in [-0.1, -0.05) is 48.0 Å². The molecule has 116 valence electrons. The van der Waals surface area contributed by atoms with Gasteiger partial charge in [0.05, 0.1) is 10.5 Å².